The fraction of sp³-hybridized carbons (Fsp3) is 0.364. The van der Waals surface area contributed by atoms with Gasteiger partial charge in [-0.2, -0.15) is 0 Å². The zero-order valence-corrected chi connectivity index (χ0v) is 17.4. The van der Waals surface area contributed by atoms with E-state index in [1.807, 2.05) is 31.2 Å². The highest BCUT2D eigenvalue weighted by molar-refractivity contribution is 6.31. The van der Waals surface area contributed by atoms with E-state index in [1.54, 1.807) is 25.3 Å². The first-order valence-corrected chi connectivity index (χ1v) is 10.1. The molecule has 152 valence electrons. The lowest BCUT2D eigenvalue weighted by atomic mass is 10.1. The molecule has 6 nitrogen and oxygen atoms in total. The molecule has 0 aliphatic carbocycles. The summed E-state index contributed by atoms with van der Waals surface area (Å²) in [4.78, 5) is 31.4. The van der Waals surface area contributed by atoms with E-state index in [4.69, 9.17) is 16.3 Å². The Hall–Kier alpha value is -2.57. The van der Waals surface area contributed by atoms with Gasteiger partial charge in [0.1, 0.15) is 5.75 Å². The highest BCUT2D eigenvalue weighted by Gasteiger charge is 2.43. The molecule has 2 amide bonds. The molecule has 1 unspecified atom stereocenters. The van der Waals surface area contributed by atoms with Crippen molar-refractivity contribution in [2.24, 2.45) is 0 Å². The fourth-order valence-electron chi connectivity index (χ4n) is 4.03. The smallest absolute Gasteiger partial charge is 0.251 e. The molecule has 1 atom stereocenters. The van der Waals surface area contributed by atoms with Crippen molar-refractivity contribution in [2.45, 2.75) is 19.4 Å². The molecule has 0 spiro atoms. The van der Waals surface area contributed by atoms with Crippen LogP contribution < -0.4 is 14.5 Å². The molecular weight excluding hydrogens is 390 g/mol. The Balaban J connectivity index is 1.42. The van der Waals surface area contributed by atoms with E-state index in [9.17, 15) is 9.59 Å². The van der Waals surface area contributed by atoms with Gasteiger partial charge in [0.2, 0.25) is 5.91 Å². The van der Waals surface area contributed by atoms with Gasteiger partial charge >= 0.3 is 0 Å². The summed E-state index contributed by atoms with van der Waals surface area (Å²) in [6, 6.07) is 12.9. The molecule has 2 aromatic carbocycles. The van der Waals surface area contributed by atoms with Crippen molar-refractivity contribution < 1.29 is 14.3 Å². The van der Waals surface area contributed by atoms with Gasteiger partial charge in [-0.1, -0.05) is 11.6 Å². The number of halogens is 1. The molecule has 2 heterocycles. The van der Waals surface area contributed by atoms with Gasteiger partial charge in [-0.05, 0) is 55.0 Å². The largest absolute Gasteiger partial charge is 0.497 e. The van der Waals surface area contributed by atoms with Crippen LogP contribution in [0.1, 0.15) is 12.0 Å². The first-order valence-electron chi connectivity index (χ1n) is 9.74. The van der Waals surface area contributed by atoms with Crippen molar-refractivity contribution >= 4 is 34.8 Å². The summed E-state index contributed by atoms with van der Waals surface area (Å²) in [6.07, 6.45) is 0.225. The minimum absolute atomic E-state index is 0.144. The predicted molar refractivity (Wildman–Crippen MR) is 114 cm³/mol. The van der Waals surface area contributed by atoms with Crippen molar-refractivity contribution in [3.8, 4) is 5.75 Å². The van der Waals surface area contributed by atoms with Crippen LogP contribution in [0.4, 0.5) is 11.4 Å². The molecule has 0 bridgehead atoms. The zero-order chi connectivity index (χ0) is 20.5. The number of amides is 2. The molecule has 2 saturated heterocycles. The quantitative estimate of drug-likeness (QED) is 0.721. The first kappa shape index (κ1) is 19.7. The van der Waals surface area contributed by atoms with Crippen LogP contribution in [0.25, 0.3) is 0 Å². The average Bonchev–Trinajstić information content (AvgIpc) is 3.04. The summed E-state index contributed by atoms with van der Waals surface area (Å²) in [5.41, 5.74) is 2.58. The number of hydrogen-bond donors (Lipinski definition) is 0. The number of piperazine rings is 1. The molecule has 4 rings (SSSR count). The van der Waals surface area contributed by atoms with Gasteiger partial charge in [-0.25, -0.2) is 4.90 Å². The number of carbonyl (C=O) groups is 2. The number of imide groups is 1. The van der Waals surface area contributed by atoms with Crippen molar-refractivity contribution in [1.29, 1.82) is 0 Å². The highest BCUT2D eigenvalue weighted by Crippen LogP contribution is 2.29. The van der Waals surface area contributed by atoms with Crippen LogP contribution in [0.3, 0.4) is 0 Å². The molecule has 29 heavy (non-hydrogen) atoms. The number of rotatable bonds is 4. The topological polar surface area (TPSA) is 53.1 Å². The first-order chi connectivity index (χ1) is 14.0. The number of aryl methyl sites for hydroxylation is 1. The Kier molecular flexibility index (Phi) is 5.48. The second-order valence-electron chi connectivity index (χ2n) is 7.44. The Morgan fingerprint density at radius 2 is 1.62 bits per heavy atom. The molecule has 0 N–H and O–H groups in total. The maximum Gasteiger partial charge on any atom is 0.251 e. The van der Waals surface area contributed by atoms with Gasteiger partial charge in [0.05, 0.1) is 25.3 Å². The monoisotopic (exact) mass is 413 g/mol. The second-order valence-corrected chi connectivity index (χ2v) is 7.85. The van der Waals surface area contributed by atoms with Crippen LogP contribution in [-0.2, 0) is 9.59 Å². The number of hydrogen-bond acceptors (Lipinski definition) is 5. The Morgan fingerprint density at radius 1 is 0.966 bits per heavy atom. The summed E-state index contributed by atoms with van der Waals surface area (Å²) < 4.78 is 5.22. The Morgan fingerprint density at radius 3 is 2.24 bits per heavy atom. The van der Waals surface area contributed by atoms with Crippen LogP contribution in [0, 0.1) is 6.92 Å². The van der Waals surface area contributed by atoms with Crippen LogP contribution in [0.2, 0.25) is 5.02 Å². The Labute approximate surface area is 175 Å². The number of methoxy groups -OCH3 is 1. The van der Waals surface area contributed by atoms with Crippen molar-refractivity contribution in [3.05, 3.63) is 53.1 Å². The molecule has 7 heteroatoms. The molecule has 2 aromatic rings. The molecule has 0 radical (unpaired) electrons. The lowest BCUT2D eigenvalue weighted by Gasteiger charge is -2.38. The minimum atomic E-state index is -0.392. The van der Waals surface area contributed by atoms with Gasteiger partial charge < -0.3 is 9.64 Å². The molecule has 0 aromatic heterocycles. The third kappa shape index (κ3) is 3.82. The molecule has 2 aliphatic heterocycles. The predicted octanol–water partition coefficient (Wildman–Crippen LogP) is 3.11. The summed E-state index contributed by atoms with van der Waals surface area (Å²) in [5, 5.41) is 0.624. The zero-order valence-electron chi connectivity index (χ0n) is 16.6. The van der Waals surface area contributed by atoms with Gasteiger partial charge in [0, 0.05) is 36.9 Å². The van der Waals surface area contributed by atoms with Crippen LogP contribution in [-0.4, -0.2) is 56.0 Å². The van der Waals surface area contributed by atoms with E-state index in [0.717, 1.165) is 43.2 Å². The van der Waals surface area contributed by atoms with Crippen LogP contribution in [0.5, 0.6) is 5.75 Å². The van der Waals surface area contributed by atoms with E-state index < -0.39 is 6.04 Å². The van der Waals surface area contributed by atoms with E-state index >= 15 is 0 Å². The molecular formula is C22H24ClN3O3. The van der Waals surface area contributed by atoms with Gasteiger partial charge in [-0.3, -0.25) is 14.5 Å². The molecule has 2 fully saturated rings. The summed E-state index contributed by atoms with van der Waals surface area (Å²) >= 11 is 6.08. The highest BCUT2D eigenvalue weighted by atomic mass is 35.5. The van der Waals surface area contributed by atoms with E-state index in [2.05, 4.69) is 9.80 Å². The maximum atomic E-state index is 13.0. The number of carbonyl (C=O) groups excluding carboxylic acids is 2. The number of benzene rings is 2. The number of ether oxygens (including phenoxy) is 1. The van der Waals surface area contributed by atoms with Gasteiger partial charge in [-0.15, -0.1) is 0 Å². The van der Waals surface area contributed by atoms with Crippen molar-refractivity contribution in [1.82, 2.24) is 4.90 Å². The minimum Gasteiger partial charge on any atom is -0.497 e. The third-order valence-electron chi connectivity index (χ3n) is 5.72. The van der Waals surface area contributed by atoms with Crippen molar-refractivity contribution in [3.63, 3.8) is 0 Å². The molecule has 0 saturated carbocycles. The van der Waals surface area contributed by atoms with Crippen molar-refractivity contribution in [2.75, 3.05) is 43.1 Å². The molecule has 2 aliphatic rings. The van der Waals surface area contributed by atoms with E-state index in [-0.39, 0.29) is 18.2 Å². The van der Waals surface area contributed by atoms with Gasteiger partial charge in [0.25, 0.3) is 5.91 Å². The number of anilines is 2. The third-order valence-corrected chi connectivity index (χ3v) is 6.14. The standard InChI is InChI=1S/C22H24ClN3O3/c1-15-13-17(5-8-19(15)23)26-21(27)14-20(22(26)28)25-11-9-24(10-12-25)16-3-6-18(29-2)7-4-16/h3-8,13,20H,9-12,14H2,1-2H3. The lowest BCUT2D eigenvalue weighted by molar-refractivity contribution is -0.123. The number of nitrogens with zero attached hydrogens (tertiary/aromatic N) is 3. The Bertz CT molecular complexity index is 923. The summed E-state index contributed by atoms with van der Waals surface area (Å²) in [5.74, 6) is 0.536. The summed E-state index contributed by atoms with van der Waals surface area (Å²) in [6.45, 7) is 4.97. The van der Waals surface area contributed by atoms with E-state index in [1.165, 1.54) is 4.90 Å². The van der Waals surface area contributed by atoms with E-state index in [0.29, 0.717) is 10.7 Å². The fourth-order valence-corrected chi connectivity index (χ4v) is 4.14. The van der Waals surface area contributed by atoms with Gasteiger partial charge in [0.15, 0.2) is 0 Å². The summed E-state index contributed by atoms with van der Waals surface area (Å²) in [7, 11) is 1.66. The normalized spacial score (nSPS) is 20.4. The SMILES string of the molecule is COc1ccc(N2CCN(C3CC(=O)N(c4ccc(Cl)c(C)c4)C3=O)CC2)cc1. The lowest BCUT2D eigenvalue weighted by Crippen LogP contribution is -2.52. The second kappa shape index (κ2) is 8.05. The average molecular weight is 414 g/mol. The maximum absolute atomic E-state index is 13.0. The van der Waals surface area contributed by atoms with Crippen LogP contribution in [0.15, 0.2) is 42.5 Å². The van der Waals surface area contributed by atoms with Crippen LogP contribution >= 0.6 is 11.6 Å².